The van der Waals surface area contributed by atoms with Crippen molar-refractivity contribution in [1.82, 2.24) is 0 Å². The molecule has 5 heteroatoms. The predicted molar refractivity (Wildman–Crippen MR) is 92.0 cm³/mol. The number of aliphatic hydroxyl groups excluding tert-OH is 1. The topological polar surface area (TPSA) is 76.7 Å². The molecule has 1 heterocycles. The number of aliphatic hydroxyl groups is 1. The Kier molecular flexibility index (Phi) is 4.80. The van der Waals surface area contributed by atoms with Gasteiger partial charge >= 0.3 is 5.97 Å². The number of rotatable bonds is 4. The number of ether oxygens (including phenoxy) is 1. The number of hydrogen-bond acceptors (Lipinski definition) is 5. The summed E-state index contributed by atoms with van der Waals surface area (Å²) in [5.74, 6) is 0.507. The highest BCUT2D eigenvalue weighted by atomic mass is 16.5. The van der Waals surface area contributed by atoms with Gasteiger partial charge in [-0.1, -0.05) is 27.7 Å². The standard InChI is InChI=1S/C20H28O5/c1-11(2)7-17(22)25-16-6-5-15-18(23)19-14(13(9-21)10-24-19)8-20(15,4)12(16)3/h10-12,15-16,21H,5-9H2,1-4H3. The average Bonchev–Trinajstić information content (AvgIpc) is 2.93. The fraction of sp³-hybridized carbons (Fsp3) is 0.700. The first-order chi connectivity index (χ1) is 11.8. The second-order valence-electron chi connectivity index (χ2n) is 8.32. The summed E-state index contributed by atoms with van der Waals surface area (Å²) in [7, 11) is 0. The molecule has 0 radical (unpaired) electrons. The number of fused-ring (bicyclic) bond motifs is 2. The summed E-state index contributed by atoms with van der Waals surface area (Å²) in [5, 5.41) is 9.53. The molecule has 2 aliphatic rings. The average molecular weight is 348 g/mol. The number of carbonyl (C=O) groups is 2. The van der Waals surface area contributed by atoms with Crippen LogP contribution in [-0.4, -0.2) is 23.0 Å². The van der Waals surface area contributed by atoms with Crippen LogP contribution in [0.15, 0.2) is 10.7 Å². The lowest BCUT2D eigenvalue weighted by molar-refractivity contribution is -0.160. The van der Waals surface area contributed by atoms with Crippen LogP contribution in [0.25, 0.3) is 0 Å². The molecular weight excluding hydrogens is 320 g/mol. The zero-order chi connectivity index (χ0) is 18.4. The summed E-state index contributed by atoms with van der Waals surface area (Å²) in [6.07, 6.45) is 3.83. The SMILES string of the molecule is CC(C)CC(=O)OC1CCC2C(=O)c3occ(CO)c3CC2(C)C1C. The molecule has 2 aliphatic carbocycles. The van der Waals surface area contributed by atoms with Crippen molar-refractivity contribution in [1.29, 1.82) is 0 Å². The van der Waals surface area contributed by atoms with Gasteiger partial charge in [0.15, 0.2) is 5.76 Å². The lowest BCUT2D eigenvalue weighted by Crippen LogP contribution is -2.52. The second kappa shape index (κ2) is 6.60. The summed E-state index contributed by atoms with van der Waals surface area (Å²) in [5.41, 5.74) is 1.22. The van der Waals surface area contributed by atoms with Gasteiger partial charge in [0.25, 0.3) is 0 Å². The minimum absolute atomic E-state index is 0.0299. The van der Waals surface area contributed by atoms with Gasteiger partial charge in [-0.15, -0.1) is 0 Å². The maximum Gasteiger partial charge on any atom is 0.306 e. The van der Waals surface area contributed by atoms with E-state index in [-0.39, 0.29) is 47.6 Å². The van der Waals surface area contributed by atoms with Crippen LogP contribution >= 0.6 is 0 Å². The van der Waals surface area contributed by atoms with Crippen molar-refractivity contribution in [3.63, 3.8) is 0 Å². The molecule has 0 saturated heterocycles. The quantitative estimate of drug-likeness (QED) is 0.843. The fourth-order valence-electron chi connectivity index (χ4n) is 4.57. The Hall–Kier alpha value is -1.62. The van der Waals surface area contributed by atoms with Crippen LogP contribution < -0.4 is 0 Å². The third-order valence-corrected chi connectivity index (χ3v) is 6.24. The van der Waals surface area contributed by atoms with E-state index in [0.29, 0.717) is 37.0 Å². The molecule has 0 aliphatic heterocycles. The number of furan rings is 1. The van der Waals surface area contributed by atoms with Crippen molar-refractivity contribution in [3.05, 3.63) is 23.2 Å². The molecule has 0 aromatic carbocycles. The molecule has 4 unspecified atom stereocenters. The molecule has 4 atom stereocenters. The first-order valence-electron chi connectivity index (χ1n) is 9.21. The van der Waals surface area contributed by atoms with Crippen molar-refractivity contribution < 1.29 is 23.8 Å². The van der Waals surface area contributed by atoms with Gasteiger partial charge in [-0.2, -0.15) is 0 Å². The monoisotopic (exact) mass is 348 g/mol. The summed E-state index contributed by atoms with van der Waals surface area (Å²) < 4.78 is 11.2. The summed E-state index contributed by atoms with van der Waals surface area (Å²) in [6.45, 7) is 8.06. The fourth-order valence-corrected chi connectivity index (χ4v) is 4.57. The zero-order valence-electron chi connectivity index (χ0n) is 15.5. The van der Waals surface area contributed by atoms with Crippen LogP contribution in [0.2, 0.25) is 0 Å². The Morgan fingerprint density at radius 1 is 1.44 bits per heavy atom. The van der Waals surface area contributed by atoms with Gasteiger partial charge in [0.1, 0.15) is 6.10 Å². The maximum atomic E-state index is 12.9. The first kappa shape index (κ1) is 18.2. The number of carbonyl (C=O) groups excluding carboxylic acids is 2. The molecule has 0 spiro atoms. The molecule has 138 valence electrons. The maximum absolute atomic E-state index is 12.9. The molecule has 1 fully saturated rings. The van der Waals surface area contributed by atoms with E-state index >= 15 is 0 Å². The molecular formula is C20H28O5. The van der Waals surface area contributed by atoms with Crippen LogP contribution in [0.1, 0.15) is 68.6 Å². The minimum Gasteiger partial charge on any atom is -0.462 e. The second-order valence-corrected chi connectivity index (χ2v) is 8.32. The summed E-state index contributed by atoms with van der Waals surface area (Å²) in [4.78, 5) is 25.0. The molecule has 5 nitrogen and oxygen atoms in total. The van der Waals surface area contributed by atoms with Gasteiger partial charge in [-0.25, -0.2) is 0 Å². The molecule has 1 saturated carbocycles. The van der Waals surface area contributed by atoms with Gasteiger partial charge in [0.05, 0.1) is 12.9 Å². The number of esters is 1. The van der Waals surface area contributed by atoms with E-state index in [1.54, 1.807) is 0 Å². The highest BCUT2D eigenvalue weighted by molar-refractivity contribution is 5.99. The summed E-state index contributed by atoms with van der Waals surface area (Å²) >= 11 is 0. The van der Waals surface area contributed by atoms with E-state index in [4.69, 9.17) is 9.15 Å². The van der Waals surface area contributed by atoms with Gasteiger partial charge in [-0.3, -0.25) is 9.59 Å². The predicted octanol–water partition coefficient (Wildman–Crippen LogP) is 3.52. The number of Topliss-reactive ketones (excluding diaryl/α,β-unsaturated/α-hetero) is 1. The van der Waals surface area contributed by atoms with Gasteiger partial charge in [0, 0.05) is 23.5 Å². The summed E-state index contributed by atoms with van der Waals surface area (Å²) in [6, 6.07) is 0. The Morgan fingerprint density at radius 3 is 2.80 bits per heavy atom. The van der Waals surface area contributed by atoms with Crippen LogP contribution in [0.4, 0.5) is 0 Å². The van der Waals surface area contributed by atoms with Gasteiger partial charge in [0.2, 0.25) is 5.78 Å². The Balaban J connectivity index is 1.85. The lowest BCUT2D eigenvalue weighted by atomic mass is 9.54. The van der Waals surface area contributed by atoms with E-state index in [1.165, 1.54) is 6.26 Å². The van der Waals surface area contributed by atoms with Gasteiger partial charge in [-0.05, 0) is 36.5 Å². The highest BCUT2D eigenvalue weighted by Crippen LogP contribution is 2.53. The van der Waals surface area contributed by atoms with Crippen molar-refractivity contribution >= 4 is 11.8 Å². The van der Waals surface area contributed by atoms with Gasteiger partial charge < -0.3 is 14.3 Å². The molecule has 3 rings (SSSR count). The Morgan fingerprint density at radius 2 is 2.16 bits per heavy atom. The smallest absolute Gasteiger partial charge is 0.306 e. The van der Waals surface area contributed by atoms with Crippen LogP contribution in [0, 0.1) is 23.2 Å². The largest absolute Gasteiger partial charge is 0.462 e. The third-order valence-electron chi connectivity index (χ3n) is 6.24. The van der Waals surface area contributed by atoms with E-state index in [0.717, 1.165) is 5.56 Å². The number of ketones is 1. The van der Waals surface area contributed by atoms with E-state index in [9.17, 15) is 14.7 Å². The zero-order valence-corrected chi connectivity index (χ0v) is 15.5. The Bertz CT molecular complexity index is 674. The normalized spacial score (nSPS) is 31.6. The van der Waals surface area contributed by atoms with Crippen LogP contribution in [0.5, 0.6) is 0 Å². The van der Waals surface area contributed by atoms with E-state index in [1.807, 2.05) is 13.8 Å². The van der Waals surface area contributed by atoms with Crippen molar-refractivity contribution in [2.75, 3.05) is 0 Å². The molecule has 0 amide bonds. The molecule has 1 aromatic heterocycles. The van der Waals surface area contributed by atoms with Crippen molar-refractivity contribution in [3.8, 4) is 0 Å². The molecule has 1 N–H and O–H groups in total. The lowest BCUT2D eigenvalue weighted by Gasteiger charge is -2.50. The molecule has 25 heavy (non-hydrogen) atoms. The third kappa shape index (κ3) is 3.03. The molecule has 0 bridgehead atoms. The van der Waals surface area contributed by atoms with Crippen LogP contribution in [-0.2, 0) is 22.6 Å². The Labute approximate surface area is 148 Å². The number of hydrogen-bond donors (Lipinski definition) is 1. The highest BCUT2D eigenvalue weighted by Gasteiger charge is 2.54. The minimum atomic E-state index is -0.293. The van der Waals surface area contributed by atoms with Crippen molar-refractivity contribution in [2.45, 2.75) is 66.1 Å². The van der Waals surface area contributed by atoms with E-state index < -0.39 is 0 Å². The van der Waals surface area contributed by atoms with Crippen LogP contribution in [0.3, 0.4) is 0 Å². The van der Waals surface area contributed by atoms with Crippen molar-refractivity contribution in [2.24, 2.45) is 23.2 Å². The molecule has 1 aromatic rings. The van der Waals surface area contributed by atoms with E-state index in [2.05, 4.69) is 13.8 Å². The first-order valence-corrected chi connectivity index (χ1v) is 9.21.